The van der Waals surface area contributed by atoms with Crippen LogP contribution in [0.5, 0.6) is 0 Å². The zero-order chi connectivity index (χ0) is 15.9. The minimum Gasteiger partial charge on any atom is -0.304 e. The molecule has 0 atom stereocenters. The number of nitrogens with zero attached hydrogens (tertiary/aromatic N) is 1. The van der Waals surface area contributed by atoms with E-state index in [4.69, 9.17) is 4.98 Å². The van der Waals surface area contributed by atoms with Crippen molar-refractivity contribution < 1.29 is 20.1 Å². The first-order valence-electron chi connectivity index (χ1n) is 9.33. The molecule has 0 amide bonds. The van der Waals surface area contributed by atoms with Gasteiger partial charge in [0.05, 0.1) is 0 Å². The Morgan fingerprint density at radius 2 is 1.52 bits per heavy atom. The molecule has 0 spiro atoms. The fraction of sp³-hybridized carbons (Fsp3) is 0.348. The van der Waals surface area contributed by atoms with Crippen LogP contribution < -0.4 is 0 Å². The Labute approximate surface area is 163 Å². The number of aryl methyl sites for hydroxylation is 4. The van der Waals surface area contributed by atoms with Crippen molar-refractivity contribution in [2.24, 2.45) is 0 Å². The molecule has 0 saturated carbocycles. The summed E-state index contributed by atoms with van der Waals surface area (Å²) in [7, 11) is 0. The molecule has 2 aliphatic carbocycles. The van der Waals surface area contributed by atoms with Crippen molar-refractivity contribution in [3.05, 3.63) is 64.8 Å². The van der Waals surface area contributed by atoms with Crippen molar-refractivity contribution in [2.75, 3.05) is 0 Å². The molecule has 3 aromatic rings. The molecule has 2 heteroatoms. The van der Waals surface area contributed by atoms with Gasteiger partial charge in [0.1, 0.15) is 0 Å². The van der Waals surface area contributed by atoms with Gasteiger partial charge in [0.15, 0.2) is 0 Å². The predicted molar refractivity (Wildman–Crippen MR) is 99.3 cm³/mol. The van der Waals surface area contributed by atoms with E-state index >= 15 is 0 Å². The number of rotatable bonds is 1. The van der Waals surface area contributed by atoms with Gasteiger partial charge in [-0.25, -0.2) is 0 Å². The van der Waals surface area contributed by atoms with Crippen molar-refractivity contribution in [1.29, 1.82) is 0 Å². The number of benzene rings is 2. The zero-order valence-corrected chi connectivity index (χ0v) is 16.8. The Balaban J connectivity index is 0.00000157. The molecule has 5 rings (SSSR count). The van der Waals surface area contributed by atoms with E-state index in [-0.39, 0.29) is 20.1 Å². The van der Waals surface area contributed by atoms with Crippen LogP contribution in [-0.2, 0) is 45.8 Å². The summed E-state index contributed by atoms with van der Waals surface area (Å²) in [5.74, 6) is 0. The van der Waals surface area contributed by atoms with Gasteiger partial charge in [0.25, 0.3) is 0 Å². The van der Waals surface area contributed by atoms with Crippen LogP contribution >= 0.6 is 0 Å². The monoisotopic (exact) mass is 505 g/mol. The van der Waals surface area contributed by atoms with Crippen LogP contribution in [0.4, 0.5) is 0 Å². The minimum absolute atomic E-state index is 0. The Bertz CT molecular complexity index is 929. The van der Waals surface area contributed by atoms with E-state index in [1.165, 1.54) is 73.3 Å². The van der Waals surface area contributed by atoms with E-state index in [2.05, 4.69) is 36.4 Å². The Hall–Kier alpha value is -1.50. The molecule has 1 heterocycles. The van der Waals surface area contributed by atoms with Gasteiger partial charge in [-0.3, -0.25) is 0 Å². The maximum absolute atomic E-state index is 4.74. The van der Waals surface area contributed by atoms with Crippen LogP contribution in [-0.4, -0.2) is 4.98 Å². The summed E-state index contributed by atoms with van der Waals surface area (Å²) in [4.78, 5) is 4.74. The number of pyridine rings is 1. The molecule has 0 bridgehead atoms. The molecule has 1 radical (unpaired) electrons. The smallest absolute Gasteiger partial charge is 0.0167 e. The SMILES string of the molecule is [Ir].[c-]1cc2c(cc1-c1nccc3c4c(ccc13)CCCC4)CCCC2. The standard InChI is InChI=1S/C23H22N.Ir/c1-2-7-18-15-19(10-9-16(18)5-1)23-22-12-11-17-6-3-4-8-20(17)21(22)13-14-24-23;/h9,11-15H,1-8H2;/q-1;. The van der Waals surface area contributed by atoms with E-state index in [0.29, 0.717) is 0 Å². The molecule has 129 valence electrons. The number of fused-ring (bicyclic) bond motifs is 4. The largest absolute Gasteiger partial charge is 0.304 e. The summed E-state index contributed by atoms with van der Waals surface area (Å²) in [6, 6.07) is 14.9. The van der Waals surface area contributed by atoms with Gasteiger partial charge in [-0.15, -0.1) is 34.9 Å². The summed E-state index contributed by atoms with van der Waals surface area (Å²) in [6.07, 6.45) is 12.1. The van der Waals surface area contributed by atoms with E-state index in [9.17, 15) is 0 Å². The topological polar surface area (TPSA) is 12.9 Å². The van der Waals surface area contributed by atoms with E-state index in [1.54, 1.807) is 11.1 Å². The second-order valence-electron chi connectivity index (χ2n) is 7.27. The Morgan fingerprint density at radius 3 is 2.40 bits per heavy atom. The third kappa shape index (κ3) is 2.96. The van der Waals surface area contributed by atoms with Crippen LogP contribution in [0, 0.1) is 6.07 Å². The third-order valence-corrected chi connectivity index (χ3v) is 5.81. The average Bonchev–Trinajstić information content (AvgIpc) is 2.67. The fourth-order valence-corrected chi connectivity index (χ4v) is 4.52. The first kappa shape index (κ1) is 16.9. The van der Waals surface area contributed by atoms with Gasteiger partial charge in [0, 0.05) is 26.3 Å². The van der Waals surface area contributed by atoms with Gasteiger partial charge in [-0.2, -0.15) is 0 Å². The fourth-order valence-electron chi connectivity index (χ4n) is 4.52. The molecule has 2 aliphatic rings. The van der Waals surface area contributed by atoms with Crippen LogP contribution in [0.1, 0.15) is 47.9 Å². The Morgan fingerprint density at radius 1 is 0.760 bits per heavy atom. The van der Waals surface area contributed by atoms with Crippen molar-refractivity contribution in [1.82, 2.24) is 4.98 Å². The second kappa shape index (κ2) is 7.02. The number of hydrogen-bond donors (Lipinski definition) is 0. The molecule has 0 aliphatic heterocycles. The molecular weight excluding hydrogens is 482 g/mol. The molecule has 0 unspecified atom stereocenters. The molecule has 1 nitrogen and oxygen atoms in total. The van der Waals surface area contributed by atoms with Crippen molar-refractivity contribution in [3.63, 3.8) is 0 Å². The normalized spacial score (nSPS) is 16.0. The predicted octanol–water partition coefficient (Wildman–Crippen LogP) is 5.46. The van der Waals surface area contributed by atoms with Crippen LogP contribution in [0.2, 0.25) is 0 Å². The third-order valence-electron chi connectivity index (χ3n) is 5.81. The van der Waals surface area contributed by atoms with Gasteiger partial charge in [-0.1, -0.05) is 31.4 Å². The van der Waals surface area contributed by atoms with Gasteiger partial charge >= 0.3 is 0 Å². The van der Waals surface area contributed by atoms with Crippen molar-refractivity contribution >= 4 is 10.8 Å². The van der Waals surface area contributed by atoms with Crippen LogP contribution in [0.3, 0.4) is 0 Å². The summed E-state index contributed by atoms with van der Waals surface area (Å²) in [6.45, 7) is 0. The van der Waals surface area contributed by atoms with Crippen molar-refractivity contribution in [2.45, 2.75) is 51.4 Å². The summed E-state index contributed by atoms with van der Waals surface area (Å²) >= 11 is 0. The Kier molecular flexibility index (Phi) is 4.75. The van der Waals surface area contributed by atoms with Gasteiger partial charge < -0.3 is 4.98 Å². The summed E-state index contributed by atoms with van der Waals surface area (Å²) < 4.78 is 0. The van der Waals surface area contributed by atoms with E-state index < -0.39 is 0 Å². The average molecular weight is 505 g/mol. The quantitative estimate of drug-likeness (QED) is 0.401. The van der Waals surface area contributed by atoms with Crippen LogP contribution in [0.15, 0.2) is 36.5 Å². The minimum atomic E-state index is 0. The molecule has 0 fully saturated rings. The number of hydrogen-bond acceptors (Lipinski definition) is 1. The van der Waals surface area contributed by atoms with Gasteiger partial charge in [0.2, 0.25) is 0 Å². The summed E-state index contributed by atoms with van der Waals surface area (Å²) in [5.41, 5.74) is 8.36. The molecule has 25 heavy (non-hydrogen) atoms. The zero-order valence-electron chi connectivity index (χ0n) is 14.4. The molecular formula is C23H22IrN-. The maximum atomic E-state index is 4.74. The van der Waals surface area contributed by atoms with E-state index in [1.807, 2.05) is 6.20 Å². The van der Waals surface area contributed by atoms with Crippen molar-refractivity contribution in [3.8, 4) is 11.3 Å². The first-order valence-corrected chi connectivity index (χ1v) is 9.33. The van der Waals surface area contributed by atoms with Gasteiger partial charge in [-0.05, 0) is 65.8 Å². The second-order valence-corrected chi connectivity index (χ2v) is 7.27. The molecule has 0 N–H and O–H groups in total. The van der Waals surface area contributed by atoms with E-state index in [0.717, 1.165) is 11.3 Å². The summed E-state index contributed by atoms with van der Waals surface area (Å²) in [5, 5.41) is 2.70. The molecule has 2 aromatic carbocycles. The molecule has 1 aromatic heterocycles. The van der Waals surface area contributed by atoms with Crippen LogP contribution in [0.25, 0.3) is 22.0 Å². The maximum Gasteiger partial charge on any atom is 0.0167 e. The molecule has 0 saturated heterocycles. The number of aromatic nitrogens is 1. The first-order chi connectivity index (χ1) is 11.9.